The Kier molecular flexibility index (Phi) is 4.89. The maximum absolute atomic E-state index is 13.0. The van der Waals surface area contributed by atoms with E-state index in [9.17, 15) is 14.7 Å². The number of fused-ring (bicyclic) bond motifs is 1. The molecule has 2 aromatic rings. The van der Waals surface area contributed by atoms with Gasteiger partial charge in [0.1, 0.15) is 5.82 Å². The summed E-state index contributed by atoms with van der Waals surface area (Å²) < 4.78 is 5.24. The minimum atomic E-state index is -0.550. The van der Waals surface area contributed by atoms with Crippen LogP contribution in [0, 0.1) is 0 Å². The lowest BCUT2D eigenvalue weighted by Gasteiger charge is -2.32. The van der Waals surface area contributed by atoms with E-state index >= 15 is 0 Å². The number of aromatic amines is 1. The molecule has 0 saturated heterocycles. The molecular weight excluding hydrogens is 378 g/mol. The highest BCUT2D eigenvalue weighted by atomic mass is 32.2. The molecule has 28 heavy (non-hydrogen) atoms. The fourth-order valence-corrected chi connectivity index (χ4v) is 4.45. The highest BCUT2D eigenvalue weighted by molar-refractivity contribution is 7.99. The number of benzene rings is 1. The summed E-state index contributed by atoms with van der Waals surface area (Å²) in [5.74, 6) is 1.06. The maximum Gasteiger partial charge on any atom is 0.257 e. The van der Waals surface area contributed by atoms with Crippen molar-refractivity contribution in [1.82, 2.24) is 9.97 Å². The number of phenols is 1. The van der Waals surface area contributed by atoms with Crippen molar-refractivity contribution in [2.75, 3.05) is 18.2 Å². The van der Waals surface area contributed by atoms with E-state index in [0.717, 1.165) is 24.3 Å². The zero-order valence-corrected chi connectivity index (χ0v) is 16.5. The number of carbonyl (C=O) groups is 1. The van der Waals surface area contributed by atoms with Gasteiger partial charge in [0, 0.05) is 23.6 Å². The molecule has 7 nitrogen and oxygen atoms in total. The van der Waals surface area contributed by atoms with Crippen molar-refractivity contribution in [1.29, 1.82) is 0 Å². The molecule has 1 aliphatic carbocycles. The maximum atomic E-state index is 13.0. The number of carbonyl (C=O) groups excluding carboxylic acids is 1. The summed E-state index contributed by atoms with van der Waals surface area (Å²) in [6.45, 7) is 1.99. The average Bonchev–Trinajstić information content (AvgIpc) is 2.67. The molecule has 0 amide bonds. The molecule has 1 atom stereocenters. The second-order valence-corrected chi connectivity index (χ2v) is 7.98. The second kappa shape index (κ2) is 7.35. The molecule has 2 aliphatic rings. The number of thioether (sulfide) groups is 1. The lowest BCUT2D eigenvalue weighted by atomic mass is 9.76. The van der Waals surface area contributed by atoms with E-state index in [0.29, 0.717) is 39.8 Å². The first-order valence-corrected chi connectivity index (χ1v) is 10.2. The van der Waals surface area contributed by atoms with E-state index in [2.05, 4.69) is 15.3 Å². The summed E-state index contributed by atoms with van der Waals surface area (Å²) in [5, 5.41) is 13.8. The van der Waals surface area contributed by atoms with Crippen LogP contribution in [0.5, 0.6) is 11.5 Å². The number of ketones is 1. The summed E-state index contributed by atoms with van der Waals surface area (Å²) in [7, 11) is 1.47. The molecule has 2 heterocycles. The quantitative estimate of drug-likeness (QED) is 0.536. The van der Waals surface area contributed by atoms with Gasteiger partial charge in [0.05, 0.1) is 12.7 Å². The van der Waals surface area contributed by atoms with Gasteiger partial charge in [-0.05, 0) is 36.3 Å². The second-order valence-electron chi connectivity index (χ2n) is 6.72. The fourth-order valence-electron chi connectivity index (χ4n) is 3.85. The summed E-state index contributed by atoms with van der Waals surface area (Å²) in [4.78, 5) is 33.2. The Morgan fingerprint density at radius 2 is 2.14 bits per heavy atom. The van der Waals surface area contributed by atoms with E-state index in [-0.39, 0.29) is 17.1 Å². The van der Waals surface area contributed by atoms with Gasteiger partial charge in [0.25, 0.3) is 5.56 Å². The molecule has 1 aliphatic heterocycles. The number of nitrogens with one attached hydrogen (secondary N) is 2. The number of aromatic hydroxyl groups is 1. The van der Waals surface area contributed by atoms with Gasteiger partial charge < -0.3 is 20.1 Å². The Hall–Kier alpha value is -2.74. The van der Waals surface area contributed by atoms with E-state index in [1.807, 2.05) is 6.92 Å². The molecule has 8 heteroatoms. The number of aromatic nitrogens is 2. The zero-order chi connectivity index (χ0) is 19.8. The fraction of sp³-hybridized carbons (Fsp3) is 0.350. The number of methoxy groups -OCH3 is 1. The van der Waals surface area contributed by atoms with Crippen LogP contribution in [-0.4, -0.2) is 33.7 Å². The summed E-state index contributed by atoms with van der Waals surface area (Å²) in [5.41, 5.74) is 2.29. The zero-order valence-electron chi connectivity index (χ0n) is 15.7. The van der Waals surface area contributed by atoms with E-state index in [1.165, 1.54) is 24.9 Å². The van der Waals surface area contributed by atoms with Gasteiger partial charge in [0.2, 0.25) is 0 Å². The third-order valence-electron chi connectivity index (χ3n) is 5.05. The van der Waals surface area contributed by atoms with Crippen LogP contribution in [0.4, 0.5) is 5.82 Å². The molecule has 0 spiro atoms. The molecule has 0 saturated carbocycles. The van der Waals surface area contributed by atoms with Crippen LogP contribution in [0.3, 0.4) is 0 Å². The molecule has 146 valence electrons. The molecule has 4 rings (SSSR count). The van der Waals surface area contributed by atoms with Crippen LogP contribution in [0.1, 0.15) is 43.2 Å². The number of Topliss-reactive ketones (excluding diaryl/α,β-unsaturated/α-hetero) is 1. The number of nitrogens with zero attached hydrogens (tertiary/aromatic N) is 1. The normalized spacial score (nSPS) is 18.4. The van der Waals surface area contributed by atoms with Crippen molar-refractivity contribution in [3.05, 3.63) is 50.9 Å². The number of hydrogen-bond donors (Lipinski definition) is 3. The largest absolute Gasteiger partial charge is 0.504 e. The molecule has 0 radical (unpaired) electrons. The van der Waals surface area contributed by atoms with Crippen LogP contribution >= 0.6 is 11.8 Å². The minimum Gasteiger partial charge on any atom is -0.504 e. The van der Waals surface area contributed by atoms with Crippen LogP contribution in [0.2, 0.25) is 0 Å². The summed E-state index contributed by atoms with van der Waals surface area (Å²) >= 11 is 1.45. The summed E-state index contributed by atoms with van der Waals surface area (Å²) in [6.07, 6.45) is 1.96. The predicted molar refractivity (Wildman–Crippen MR) is 107 cm³/mol. The van der Waals surface area contributed by atoms with Crippen molar-refractivity contribution in [2.24, 2.45) is 0 Å². The standard InChI is InChI=1S/C20H21N3O4S/c1-3-28-20-22-18-17(19(26)23-20)15(10-7-8-12(24)14(9-10)27-2)16-11(21-18)5-4-6-13(16)25/h7-9,15,24H,3-6H2,1-2H3,(H2,21,22,23,26). The van der Waals surface area contributed by atoms with Gasteiger partial charge in [-0.3, -0.25) is 9.59 Å². The molecule has 0 fully saturated rings. The van der Waals surface area contributed by atoms with Gasteiger partial charge >= 0.3 is 0 Å². The van der Waals surface area contributed by atoms with E-state index < -0.39 is 5.92 Å². The number of phenolic OH excluding ortho intramolecular Hbond substituents is 1. The van der Waals surface area contributed by atoms with Gasteiger partial charge in [-0.1, -0.05) is 24.8 Å². The Morgan fingerprint density at radius 1 is 1.32 bits per heavy atom. The molecule has 1 aromatic carbocycles. The van der Waals surface area contributed by atoms with Gasteiger partial charge in [-0.25, -0.2) is 4.98 Å². The first kappa shape index (κ1) is 18.6. The Bertz CT molecular complexity index is 1040. The number of anilines is 1. The van der Waals surface area contributed by atoms with Gasteiger partial charge in [0.15, 0.2) is 22.4 Å². The van der Waals surface area contributed by atoms with E-state index in [1.54, 1.807) is 12.1 Å². The number of hydrogen-bond acceptors (Lipinski definition) is 7. The molecule has 1 aromatic heterocycles. The van der Waals surface area contributed by atoms with Crippen LogP contribution in [0.25, 0.3) is 0 Å². The number of ether oxygens (including phenoxy) is 1. The van der Waals surface area contributed by atoms with Crippen molar-refractivity contribution in [3.63, 3.8) is 0 Å². The lowest BCUT2D eigenvalue weighted by molar-refractivity contribution is -0.116. The van der Waals surface area contributed by atoms with Crippen molar-refractivity contribution in [3.8, 4) is 11.5 Å². The SMILES string of the molecule is CCSc1nc2c(c(=O)[nH]1)C(c1ccc(O)c(OC)c1)C1=C(CCCC1=O)N2. The van der Waals surface area contributed by atoms with Gasteiger partial charge in [-0.2, -0.15) is 0 Å². The van der Waals surface area contributed by atoms with Crippen molar-refractivity contribution >= 4 is 23.4 Å². The van der Waals surface area contributed by atoms with Crippen molar-refractivity contribution < 1.29 is 14.6 Å². The first-order valence-electron chi connectivity index (χ1n) is 9.20. The van der Waals surface area contributed by atoms with Crippen LogP contribution in [-0.2, 0) is 4.79 Å². The third-order valence-corrected chi connectivity index (χ3v) is 5.81. The smallest absolute Gasteiger partial charge is 0.257 e. The monoisotopic (exact) mass is 399 g/mol. The Balaban J connectivity index is 1.95. The summed E-state index contributed by atoms with van der Waals surface area (Å²) in [6, 6.07) is 4.92. The molecule has 3 N–H and O–H groups in total. The molecule has 0 bridgehead atoms. The highest BCUT2D eigenvalue weighted by Gasteiger charge is 2.38. The topological polar surface area (TPSA) is 104 Å². The van der Waals surface area contributed by atoms with Crippen LogP contribution < -0.4 is 15.6 Å². The first-order chi connectivity index (χ1) is 13.5. The van der Waals surface area contributed by atoms with Crippen LogP contribution in [0.15, 0.2) is 39.4 Å². The Morgan fingerprint density at radius 3 is 2.89 bits per heavy atom. The number of rotatable bonds is 4. The Labute approximate surface area is 166 Å². The van der Waals surface area contributed by atoms with E-state index in [4.69, 9.17) is 4.74 Å². The van der Waals surface area contributed by atoms with Crippen molar-refractivity contribution in [2.45, 2.75) is 37.3 Å². The third kappa shape index (κ3) is 3.07. The van der Waals surface area contributed by atoms with Gasteiger partial charge in [-0.15, -0.1) is 0 Å². The average molecular weight is 399 g/mol. The highest BCUT2D eigenvalue weighted by Crippen LogP contribution is 2.44. The minimum absolute atomic E-state index is 0.00584. The lowest BCUT2D eigenvalue weighted by Crippen LogP contribution is -2.32. The molecule has 1 unspecified atom stereocenters. The number of H-pyrrole nitrogens is 1. The number of allylic oxidation sites excluding steroid dienone is 2. The molecular formula is C20H21N3O4S. The predicted octanol–water partition coefficient (Wildman–Crippen LogP) is 3.16.